The lowest BCUT2D eigenvalue weighted by molar-refractivity contribution is 0.0696. The predicted octanol–water partition coefficient (Wildman–Crippen LogP) is 1.99. The molecule has 0 aliphatic rings. The summed E-state index contributed by atoms with van der Waals surface area (Å²) in [6.07, 6.45) is 1.73. The third-order valence-electron chi connectivity index (χ3n) is 2.63. The number of carbonyl (C=O) groups is 2. The SMILES string of the molecule is CN(C(=O)c1ccc(C(=O)O)cc1)c1ccc[nH]1. The number of aromatic carboxylic acids is 1. The van der Waals surface area contributed by atoms with Crippen LogP contribution in [0.25, 0.3) is 0 Å². The predicted molar refractivity (Wildman–Crippen MR) is 66.9 cm³/mol. The zero-order chi connectivity index (χ0) is 13.1. The summed E-state index contributed by atoms with van der Waals surface area (Å²) in [5.41, 5.74) is 0.603. The van der Waals surface area contributed by atoms with Crippen molar-refractivity contribution in [2.24, 2.45) is 0 Å². The molecule has 18 heavy (non-hydrogen) atoms. The monoisotopic (exact) mass is 244 g/mol. The number of hydrogen-bond donors (Lipinski definition) is 2. The van der Waals surface area contributed by atoms with Gasteiger partial charge in [0, 0.05) is 18.8 Å². The van der Waals surface area contributed by atoms with Crippen LogP contribution in [0, 0.1) is 0 Å². The molecule has 0 saturated heterocycles. The van der Waals surface area contributed by atoms with Crippen LogP contribution >= 0.6 is 0 Å². The molecule has 1 amide bonds. The van der Waals surface area contributed by atoms with Crippen molar-refractivity contribution in [1.29, 1.82) is 0 Å². The molecule has 0 unspecified atom stereocenters. The highest BCUT2D eigenvalue weighted by molar-refractivity contribution is 6.05. The zero-order valence-corrected chi connectivity index (χ0v) is 9.75. The fourth-order valence-electron chi connectivity index (χ4n) is 1.59. The quantitative estimate of drug-likeness (QED) is 0.867. The van der Waals surface area contributed by atoms with E-state index in [0.717, 1.165) is 0 Å². The number of carbonyl (C=O) groups excluding carboxylic acids is 1. The van der Waals surface area contributed by atoms with Crippen LogP contribution in [0.3, 0.4) is 0 Å². The van der Waals surface area contributed by atoms with Gasteiger partial charge in [-0.2, -0.15) is 0 Å². The van der Waals surface area contributed by atoms with Crippen molar-refractivity contribution in [3.05, 3.63) is 53.7 Å². The summed E-state index contributed by atoms with van der Waals surface area (Å²) in [6.45, 7) is 0. The van der Waals surface area contributed by atoms with Gasteiger partial charge in [0.1, 0.15) is 5.82 Å². The number of carboxylic acid groups (broad SMARTS) is 1. The van der Waals surface area contributed by atoms with Gasteiger partial charge in [0.05, 0.1) is 5.56 Å². The molecule has 0 aliphatic heterocycles. The van der Waals surface area contributed by atoms with Gasteiger partial charge in [-0.15, -0.1) is 0 Å². The van der Waals surface area contributed by atoms with Crippen LogP contribution < -0.4 is 4.90 Å². The molecule has 0 saturated carbocycles. The van der Waals surface area contributed by atoms with E-state index < -0.39 is 5.97 Å². The molecule has 0 spiro atoms. The molecule has 5 heteroatoms. The minimum Gasteiger partial charge on any atom is -0.478 e. The van der Waals surface area contributed by atoms with Crippen molar-refractivity contribution < 1.29 is 14.7 Å². The molecule has 0 bridgehead atoms. The fourth-order valence-corrected chi connectivity index (χ4v) is 1.59. The molecule has 0 atom stereocenters. The molecule has 2 N–H and O–H groups in total. The Hall–Kier alpha value is -2.56. The number of H-pyrrole nitrogens is 1. The number of benzene rings is 1. The Bertz CT molecular complexity index is 558. The largest absolute Gasteiger partial charge is 0.478 e. The average molecular weight is 244 g/mol. The first-order chi connectivity index (χ1) is 8.59. The van der Waals surface area contributed by atoms with Crippen LogP contribution in [-0.2, 0) is 0 Å². The van der Waals surface area contributed by atoms with Crippen molar-refractivity contribution >= 4 is 17.7 Å². The highest BCUT2D eigenvalue weighted by atomic mass is 16.4. The Labute approximate surface area is 104 Å². The molecule has 2 aromatic rings. The van der Waals surface area contributed by atoms with Crippen LogP contribution in [0.1, 0.15) is 20.7 Å². The summed E-state index contributed by atoms with van der Waals surface area (Å²) in [6, 6.07) is 9.42. The molecule has 1 aromatic carbocycles. The fraction of sp³-hybridized carbons (Fsp3) is 0.0769. The van der Waals surface area contributed by atoms with Crippen LogP contribution in [-0.4, -0.2) is 29.0 Å². The van der Waals surface area contributed by atoms with Crippen molar-refractivity contribution in [1.82, 2.24) is 4.98 Å². The van der Waals surface area contributed by atoms with E-state index >= 15 is 0 Å². The normalized spacial score (nSPS) is 10.1. The second kappa shape index (κ2) is 4.75. The van der Waals surface area contributed by atoms with Gasteiger partial charge in [0.15, 0.2) is 0 Å². The van der Waals surface area contributed by atoms with Crippen LogP contribution in [0.2, 0.25) is 0 Å². The number of carboxylic acids is 1. The lowest BCUT2D eigenvalue weighted by Gasteiger charge is -2.15. The van der Waals surface area contributed by atoms with E-state index in [9.17, 15) is 9.59 Å². The number of nitrogens with zero attached hydrogens (tertiary/aromatic N) is 1. The molecular weight excluding hydrogens is 232 g/mol. The first-order valence-electron chi connectivity index (χ1n) is 5.34. The van der Waals surface area contributed by atoms with Gasteiger partial charge in [-0.3, -0.25) is 9.69 Å². The molecule has 0 fully saturated rings. The minimum atomic E-state index is -1.01. The van der Waals surface area contributed by atoms with Gasteiger partial charge >= 0.3 is 5.97 Å². The Kier molecular flexibility index (Phi) is 3.14. The van der Waals surface area contributed by atoms with Crippen molar-refractivity contribution in [3.8, 4) is 0 Å². The summed E-state index contributed by atoms with van der Waals surface area (Å²) in [5, 5.41) is 8.77. The average Bonchev–Trinajstić information content (AvgIpc) is 2.91. The lowest BCUT2D eigenvalue weighted by atomic mass is 10.1. The standard InChI is InChI=1S/C13H12N2O3/c1-15(11-3-2-8-14-11)12(16)9-4-6-10(7-5-9)13(17)18/h2-8,14H,1H3,(H,17,18). The first-order valence-corrected chi connectivity index (χ1v) is 5.34. The summed E-state index contributed by atoms with van der Waals surface area (Å²) < 4.78 is 0. The number of anilines is 1. The van der Waals surface area contributed by atoms with Crippen LogP contribution in [0.5, 0.6) is 0 Å². The number of hydrogen-bond acceptors (Lipinski definition) is 2. The van der Waals surface area contributed by atoms with Crippen LogP contribution in [0.4, 0.5) is 5.82 Å². The first kappa shape index (κ1) is 11.9. The Morgan fingerprint density at radius 2 is 1.72 bits per heavy atom. The van der Waals surface area contributed by atoms with Gasteiger partial charge in [-0.25, -0.2) is 4.79 Å². The molecule has 0 aliphatic carbocycles. The highest BCUT2D eigenvalue weighted by Gasteiger charge is 2.14. The Morgan fingerprint density at radius 3 is 2.22 bits per heavy atom. The van der Waals surface area contributed by atoms with E-state index in [1.165, 1.54) is 29.2 Å². The highest BCUT2D eigenvalue weighted by Crippen LogP contribution is 2.13. The third kappa shape index (κ3) is 2.24. The van der Waals surface area contributed by atoms with Gasteiger partial charge in [0.25, 0.3) is 5.91 Å². The summed E-state index contributed by atoms with van der Waals surface area (Å²) in [5.74, 6) is -0.525. The van der Waals surface area contributed by atoms with E-state index in [1.54, 1.807) is 25.4 Å². The number of aromatic nitrogens is 1. The van der Waals surface area contributed by atoms with Crippen molar-refractivity contribution in [2.75, 3.05) is 11.9 Å². The third-order valence-corrected chi connectivity index (χ3v) is 2.63. The van der Waals surface area contributed by atoms with E-state index in [4.69, 9.17) is 5.11 Å². The molecule has 2 rings (SSSR count). The number of amides is 1. The molecule has 1 aromatic heterocycles. The van der Waals surface area contributed by atoms with Crippen molar-refractivity contribution in [2.45, 2.75) is 0 Å². The maximum Gasteiger partial charge on any atom is 0.335 e. The zero-order valence-electron chi connectivity index (χ0n) is 9.75. The maximum absolute atomic E-state index is 12.1. The van der Waals surface area contributed by atoms with Gasteiger partial charge in [0.2, 0.25) is 0 Å². The van der Waals surface area contributed by atoms with E-state index in [2.05, 4.69) is 4.98 Å². The van der Waals surface area contributed by atoms with Crippen molar-refractivity contribution in [3.63, 3.8) is 0 Å². The molecule has 1 heterocycles. The van der Waals surface area contributed by atoms with E-state index in [-0.39, 0.29) is 11.5 Å². The Morgan fingerprint density at radius 1 is 1.11 bits per heavy atom. The summed E-state index contributed by atoms with van der Waals surface area (Å²) in [7, 11) is 1.65. The van der Waals surface area contributed by atoms with Gasteiger partial charge in [-0.1, -0.05) is 0 Å². The number of aromatic amines is 1. The number of rotatable bonds is 3. The second-order valence-electron chi connectivity index (χ2n) is 3.80. The molecular formula is C13H12N2O3. The second-order valence-corrected chi connectivity index (χ2v) is 3.80. The van der Waals surface area contributed by atoms with Gasteiger partial charge < -0.3 is 10.1 Å². The van der Waals surface area contributed by atoms with Gasteiger partial charge in [-0.05, 0) is 36.4 Å². The summed E-state index contributed by atoms with van der Waals surface area (Å²) >= 11 is 0. The van der Waals surface area contributed by atoms with Crippen LogP contribution in [0.15, 0.2) is 42.6 Å². The van der Waals surface area contributed by atoms with E-state index in [1.807, 2.05) is 0 Å². The lowest BCUT2D eigenvalue weighted by Crippen LogP contribution is -2.26. The molecule has 92 valence electrons. The smallest absolute Gasteiger partial charge is 0.335 e. The van der Waals surface area contributed by atoms with E-state index in [0.29, 0.717) is 11.4 Å². The topological polar surface area (TPSA) is 73.4 Å². The molecule has 5 nitrogen and oxygen atoms in total. The molecule has 0 radical (unpaired) electrons. The minimum absolute atomic E-state index is 0.161. The summed E-state index contributed by atoms with van der Waals surface area (Å²) in [4.78, 5) is 27.2. The number of nitrogens with one attached hydrogen (secondary N) is 1. The Balaban J connectivity index is 2.21. The maximum atomic E-state index is 12.1.